The number of aromatic nitrogens is 3. The molecule has 2 unspecified atom stereocenters. The van der Waals surface area contributed by atoms with Crippen LogP contribution in [0, 0.1) is 6.92 Å². The van der Waals surface area contributed by atoms with Gasteiger partial charge in [0.25, 0.3) is 0 Å². The van der Waals surface area contributed by atoms with E-state index in [2.05, 4.69) is 62.1 Å². The second-order valence-electron chi connectivity index (χ2n) is 11.0. The monoisotopic (exact) mass is 636 g/mol. The zero-order valence-electron chi connectivity index (χ0n) is 25.5. The van der Waals surface area contributed by atoms with Crippen molar-refractivity contribution in [2.75, 3.05) is 17.2 Å². The minimum absolute atomic E-state index is 0.00594. The molecule has 45 heavy (non-hydrogen) atoms. The number of rotatable bonds is 9. The number of alkyl halides is 3. The number of amides is 2. The predicted molar refractivity (Wildman–Crippen MR) is 172 cm³/mol. The number of amidine groups is 1. The summed E-state index contributed by atoms with van der Waals surface area (Å²) >= 11 is 1.60. The van der Waals surface area contributed by atoms with E-state index in [1.165, 1.54) is 46.4 Å². The maximum Gasteiger partial charge on any atom is 0.573 e. The van der Waals surface area contributed by atoms with Gasteiger partial charge in [0.2, 0.25) is 0 Å². The number of anilines is 1. The Balaban J connectivity index is 1.21. The molecule has 0 radical (unpaired) electrons. The summed E-state index contributed by atoms with van der Waals surface area (Å²) in [7, 11) is 0. The van der Waals surface area contributed by atoms with E-state index < -0.39 is 6.36 Å². The molecule has 0 aliphatic carbocycles. The lowest BCUT2D eigenvalue weighted by atomic mass is 9.93. The molecule has 2 atom stereocenters. The fourth-order valence-corrected chi connectivity index (χ4v) is 6.06. The number of hydrogen-bond donors (Lipinski definition) is 1. The summed E-state index contributed by atoms with van der Waals surface area (Å²) in [6, 6.07) is 19.1. The summed E-state index contributed by atoms with van der Waals surface area (Å²) in [6.45, 7) is 9.06. The normalized spacial score (nSPS) is 15.7. The second kappa shape index (κ2) is 13.8. The molecule has 1 aromatic heterocycles. The highest BCUT2D eigenvalue weighted by Crippen LogP contribution is 2.31. The molecule has 2 amide bonds. The zero-order chi connectivity index (χ0) is 32.1. The van der Waals surface area contributed by atoms with Crippen molar-refractivity contribution in [2.45, 2.75) is 58.9 Å². The van der Waals surface area contributed by atoms with Gasteiger partial charge in [-0.2, -0.15) is 4.99 Å². The van der Waals surface area contributed by atoms with Crippen LogP contribution in [-0.2, 0) is 6.42 Å². The van der Waals surface area contributed by atoms with Gasteiger partial charge in [0.1, 0.15) is 12.1 Å². The van der Waals surface area contributed by atoms with Gasteiger partial charge in [-0.15, -0.1) is 18.3 Å². The summed E-state index contributed by atoms with van der Waals surface area (Å²) < 4.78 is 42.7. The number of nitrogens with zero attached hydrogens (tertiary/aromatic N) is 5. The van der Waals surface area contributed by atoms with Gasteiger partial charge in [0.05, 0.1) is 5.69 Å². The third-order valence-electron chi connectivity index (χ3n) is 7.65. The molecule has 1 aliphatic rings. The molecule has 1 N–H and O–H groups in total. The van der Waals surface area contributed by atoms with Crippen LogP contribution in [0.25, 0.3) is 17.1 Å². The Morgan fingerprint density at radius 3 is 2.51 bits per heavy atom. The smallest absolute Gasteiger partial charge is 0.406 e. The maximum atomic E-state index is 13.0. The van der Waals surface area contributed by atoms with Crippen molar-refractivity contribution in [3.8, 4) is 22.8 Å². The lowest BCUT2D eigenvalue weighted by Crippen LogP contribution is -2.36. The Morgan fingerprint density at radius 1 is 1.09 bits per heavy atom. The molecule has 1 aliphatic heterocycles. The SMILES string of the molecule is CCCc1ccc(C)cc1N1CCS/C1=N\C(=O)NC(C)C(C)c1ccc(-c2ncn(-c3ccc(OC(F)(F)F)cc3)n2)cc1. The van der Waals surface area contributed by atoms with Crippen LogP contribution in [0.2, 0.25) is 0 Å². The number of aryl methyl sites for hydroxylation is 2. The summed E-state index contributed by atoms with van der Waals surface area (Å²) in [5.74, 6) is 1.04. The third kappa shape index (κ3) is 8.05. The highest BCUT2D eigenvalue weighted by Gasteiger charge is 2.31. The molecule has 8 nitrogen and oxygen atoms in total. The number of benzene rings is 3. The van der Waals surface area contributed by atoms with Gasteiger partial charge < -0.3 is 15.0 Å². The van der Waals surface area contributed by atoms with Gasteiger partial charge in [0.15, 0.2) is 11.0 Å². The van der Waals surface area contributed by atoms with E-state index in [9.17, 15) is 18.0 Å². The van der Waals surface area contributed by atoms with Crippen molar-refractivity contribution in [3.05, 3.63) is 89.7 Å². The minimum Gasteiger partial charge on any atom is -0.406 e. The average molecular weight is 637 g/mol. The zero-order valence-corrected chi connectivity index (χ0v) is 26.3. The van der Waals surface area contributed by atoms with Gasteiger partial charge in [0, 0.05) is 35.5 Å². The molecule has 236 valence electrons. The molecular formula is C33H35F3N6O2S. The topological polar surface area (TPSA) is 84.6 Å². The Labute approximate surface area is 264 Å². The van der Waals surface area contributed by atoms with E-state index in [1.54, 1.807) is 11.8 Å². The van der Waals surface area contributed by atoms with Gasteiger partial charge >= 0.3 is 12.4 Å². The van der Waals surface area contributed by atoms with Crippen molar-refractivity contribution >= 4 is 28.6 Å². The van der Waals surface area contributed by atoms with Crippen LogP contribution in [0.4, 0.5) is 23.7 Å². The van der Waals surface area contributed by atoms with Crippen molar-refractivity contribution in [1.29, 1.82) is 0 Å². The third-order valence-corrected chi connectivity index (χ3v) is 8.60. The van der Waals surface area contributed by atoms with E-state index in [4.69, 9.17) is 0 Å². The molecule has 12 heteroatoms. The molecule has 4 aromatic rings. The standard InChI is InChI=1S/C33H35F3N6O2S/c1-5-6-25-8-7-21(2)19-29(25)41-17-18-45-32(41)39-31(43)38-23(4)22(3)24-9-11-26(12-10-24)30-37-20-42(40-30)27-13-15-28(16-14-27)44-33(34,35)36/h7-16,19-20,22-23H,5-6,17-18H2,1-4H3,(H,38,43)/b39-32-. The molecule has 1 fully saturated rings. The van der Waals surface area contributed by atoms with Crippen LogP contribution in [0.15, 0.2) is 78.0 Å². The van der Waals surface area contributed by atoms with Gasteiger partial charge in [-0.1, -0.05) is 68.4 Å². The van der Waals surface area contributed by atoms with E-state index in [1.807, 2.05) is 38.1 Å². The van der Waals surface area contributed by atoms with Crippen molar-refractivity contribution < 1.29 is 22.7 Å². The molecule has 3 aromatic carbocycles. The Kier molecular flexibility index (Phi) is 9.81. The number of carbonyl (C=O) groups is 1. The van der Waals surface area contributed by atoms with Crippen LogP contribution < -0.4 is 15.0 Å². The highest BCUT2D eigenvalue weighted by atomic mass is 32.2. The van der Waals surface area contributed by atoms with Crippen LogP contribution in [0.3, 0.4) is 0 Å². The van der Waals surface area contributed by atoms with Crippen LogP contribution in [0.5, 0.6) is 5.75 Å². The van der Waals surface area contributed by atoms with Gasteiger partial charge in [-0.25, -0.2) is 14.5 Å². The number of hydrogen-bond acceptors (Lipinski definition) is 5. The van der Waals surface area contributed by atoms with Crippen molar-refractivity contribution in [3.63, 3.8) is 0 Å². The van der Waals surface area contributed by atoms with Crippen molar-refractivity contribution in [2.24, 2.45) is 4.99 Å². The van der Waals surface area contributed by atoms with E-state index >= 15 is 0 Å². The Morgan fingerprint density at radius 2 is 1.82 bits per heavy atom. The Hall–Kier alpha value is -4.32. The number of ether oxygens (including phenoxy) is 1. The molecule has 0 saturated carbocycles. The lowest BCUT2D eigenvalue weighted by Gasteiger charge is -2.23. The van der Waals surface area contributed by atoms with Crippen molar-refractivity contribution in [1.82, 2.24) is 20.1 Å². The van der Waals surface area contributed by atoms with Crippen LogP contribution >= 0.6 is 11.8 Å². The largest absolute Gasteiger partial charge is 0.573 e. The van der Waals surface area contributed by atoms with E-state index in [-0.39, 0.29) is 23.7 Å². The first-order valence-electron chi connectivity index (χ1n) is 14.8. The van der Waals surface area contributed by atoms with E-state index in [0.29, 0.717) is 11.5 Å². The first-order chi connectivity index (χ1) is 21.5. The van der Waals surface area contributed by atoms with Crippen LogP contribution in [0.1, 0.15) is 49.8 Å². The molecule has 5 rings (SSSR count). The number of nitrogens with one attached hydrogen (secondary N) is 1. The highest BCUT2D eigenvalue weighted by molar-refractivity contribution is 8.14. The summed E-state index contributed by atoms with van der Waals surface area (Å²) in [6.07, 6.45) is -1.24. The molecule has 0 bridgehead atoms. The quantitative estimate of drug-likeness (QED) is 0.201. The lowest BCUT2D eigenvalue weighted by molar-refractivity contribution is -0.274. The molecule has 0 spiro atoms. The van der Waals surface area contributed by atoms with E-state index in [0.717, 1.165) is 47.1 Å². The average Bonchev–Trinajstić information content (AvgIpc) is 3.68. The Bertz CT molecular complexity index is 1650. The number of halogens is 3. The molecule has 2 heterocycles. The number of aliphatic imine (C=N–C) groups is 1. The second-order valence-corrected chi connectivity index (χ2v) is 12.0. The first kappa shape index (κ1) is 32.1. The molecular weight excluding hydrogens is 601 g/mol. The predicted octanol–water partition coefficient (Wildman–Crippen LogP) is 7.90. The number of carbonyl (C=O) groups excluding carboxylic acids is 1. The first-order valence-corrected chi connectivity index (χ1v) is 15.8. The summed E-state index contributed by atoms with van der Waals surface area (Å²) in [5, 5.41) is 8.23. The van der Waals surface area contributed by atoms with Crippen LogP contribution in [-0.4, -0.2) is 50.7 Å². The summed E-state index contributed by atoms with van der Waals surface area (Å²) in [5.41, 5.74) is 5.92. The fraction of sp³-hybridized carbons (Fsp3) is 0.333. The van der Waals surface area contributed by atoms with Gasteiger partial charge in [-0.3, -0.25) is 0 Å². The molecule has 1 saturated heterocycles. The number of thioether (sulfide) groups is 1. The maximum absolute atomic E-state index is 13.0. The minimum atomic E-state index is -4.75. The van der Waals surface area contributed by atoms with Gasteiger partial charge in [-0.05, 0) is 67.3 Å². The number of urea groups is 1. The fourth-order valence-electron chi connectivity index (χ4n) is 5.11. The summed E-state index contributed by atoms with van der Waals surface area (Å²) in [4.78, 5) is 24.0.